The van der Waals surface area contributed by atoms with Crippen molar-refractivity contribution in [2.75, 3.05) is 32.7 Å². The monoisotopic (exact) mass is 240 g/mol. The Morgan fingerprint density at radius 3 is 2.18 bits per heavy atom. The number of rotatable bonds is 7. The van der Waals surface area contributed by atoms with Crippen LogP contribution >= 0.6 is 0 Å². The van der Waals surface area contributed by atoms with Gasteiger partial charge in [-0.2, -0.15) is 0 Å². The Kier molecular flexibility index (Phi) is 6.50. The molecule has 1 aliphatic rings. The summed E-state index contributed by atoms with van der Waals surface area (Å²) in [6, 6.07) is 0. The molecule has 0 saturated carbocycles. The molecule has 0 bridgehead atoms. The predicted octanol–water partition coefficient (Wildman–Crippen LogP) is 3.13. The molecule has 1 heterocycles. The van der Waals surface area contributed by atoms with Gasteiger partial charge in [0.15, 0.2) is 0 Å². The predicted molar refractivity (Wildman–Crippen MR) is 76.4 cm³/mol. The van der Waals surface area contributed by atoms with E-state index in [1.54, 1.807) is 0 Å². The third kappa shape index (κ3) is 4.97. The van der Waals surface area contributed by atoms with E-state index in [0.717, 1.165) is 5.92 Å². The van der Waals surface area contributed by atoms with Crippen LogP contribution in [-0.2, 0) is 0 Å². The lowest BCUT2D eigenvalue weighted by molar-refractivity contribution is 0.117. The van der Waals surface area contributed by atoms with Crippen molar-refractivity contribution in [1.29, 1.82) is 0 Å². The topological polar surface area (TPSA) is 15.3 Å². The van der Waals surface area contributed by atoms with Crippen LogP contribution in [0, 0.1) is 11.3 Å². The van der Waals surface area contributed by atoms with Crippen LogP contribution in [-0.4, -0.2) is 37.6 Å². The second kappa shape index (κ2) is 7.38. The quantitative estimate of drug-likeness (QED) is 0.735. The zero-order valence-electron chi connectivity index (χ0n) is 12.4. The van der Waals surface area contributed by atoms with E-state index in [9.17, 15) is 0 Å². The fraction of sp³-hybridized carbons (Fsp3) is 1.00. The van der Waals surface area contributed by atoms with Crippen molar-refractivity contribution in [1.82, 2.24) is 10.2 Å². The summed E-state index contributed by atoms with van der Waals surface area (Å²) < 4.78 is 0. The molecular weight excluding hydrogens is 208 g/mol. The van der Waals surface area contributed by atoms with Crippen LogP contribution in [0.5, 0.6) is 0 Å². The van der Waals surface area contributed by atoms with E-state index in [4.69, 9.17) is 0 Å². The van der Waals surface area contributed by atoms with Gasteiger partial charge in [-0.15, -0.1) is 0 Å². The highest BCUT2D eigenvalue weighted by atomic mass is 15.1. The first kappa shape index (κ1) is 15.0. The first-order chi connectivity index (χ1) is 8.13. The highest BCUT2D eigenvalue weighted by Crippen LogP contribution is 2.29. The van der Waals surface area contributed by atoms with Crippen LogP contribution in [0.2, 0.25) is 0 Å². The number of nitrogens with zero attached hydrogens (tertiary/aromatic N) is 1. The first-order valence-electron chi connectivity index (χ1n) is 7.56. The summed E-state index contributed by atoms with van der Waals surface area (Å²) in [5, 5.41) is 3.48. The van der Waals surface area contributed by atoms with Crippen LogP contribution < -0.4 is 5.32 Å². The van der Waals surface area contributed by atoms with E-state index in [1.165, 1.54) is 58.4 Å². The third-order valence-corrected chi connectivity index (χ3v) is 4.53. The van der Waals surface area contributed by atoms with Crippen molar-refractivity contribution >= 4 is 0 Å². The van der Waals surface area contributed by atoms with Crippen LogP contribution in [0.1, 0.15) is 53.4 Å². The number of piperidine rings is 1. The molecule has 0 aromatic heterocycles. The highest BCUT2D eigenvalue weighted by Gasteiger charge is 2.28. The van der Waals surface area contributed by atoms with E-state index in [0.29, 0.717) is 5.41 Å². The molecule has 2 nitrogen and oxygen atoms in total. The van der Waals surface area contributed by atoms with E-state index in [2.05, 4.69) is 37.9 Å². The molecule has 1 fully saturated rings. The SMILES string of the molecule is CCC(CC)CN(CC)CC1(C)CCNCC1. The molecule has 0 spiro atoms. The lowest BCUT2D eigenvalue weighted by atomic mass is 9.80. The molecule has 1 saturated heterocycles. The Morgan fingerprint density at radius 2 is 1.71 bits per heavy atom. The molecule has 0 radical (unpaired) electrons. The molecule has 0 unspecified atom stereocenters. The Balaban J connectivity index is 2.44. The largest absolute Gasteiger partial charge is 0.317 e. The van der Waals surface area contributed by atoms with Gasteiger partial charge in [-0.3, -0.25) is 0 Å². The van der Waals surface area contributed by atoms with Gasteiger partial charge in [-0.05, 0) is 43.8 Å². The van der Waals surface area contributed by atoms with Gasteiger partial charge >= 0.3 is 0 Å². The number of hydrogen-bond donors (Lipinski definition) is 1. The number of nitrogens with one attached hydrogen (secondary N) is 1. The maximum atomic E-state index is 3.48. The smallest absolute Gasteiger partial charge is 0.00363 e. The molecule has 1 aliphatic heterocycles. The summed E-state index contributed by atoms with van der Waals surface area (Å²) in [6.45, 7) is 15.7. The highest BCUT2D eigenvalue weighted by molar-refractivity contribution is 4.84. The molecule has 1 rings (SSSR count). The second-order valence-electron chi connectivity index (χ2n) is 6.07. The van der Waals surface area contributed by atoms with Crippen LogP contribution in [0.4, 0.5) is 0 Å². The molecule has 0 atom stereocenters. The van der Waals surface area contributed by atoms with Crippen molar-refractivity contribution in [2.45, 2.75) is 53.4 Å². The standard InChI is InChI=1S/C15H32N2/c1-5-14(6-2)12-17(7-3)13-15(4)8-10-16-11-9-15/h14,16H,5-13H2,1-4H3. The molecule has 1 N–H and O–H groups in total. The third-order valence-electron chi connectivity index (χ3n) is 4.53. The Bertz CT molecular complexity index is 193. The van der Waals surface area contributed by atoms with Gasteiger partial charge in [0.1, 0.15) is 0 Å². The Morgan fingerprint density at radius 1 is 1.12 bits per heavy atom. The molecule has 0 aromatic carbocycles. The van der Waals surface area contributed by atoms with E-state index in [-0.39, 0.29) is 0 Å². The van der Waals surface area contributed by atoms with Crippen LogP contribution in [0.25, 0.3) is 0 Å². The van der Waals surface area contributed by atoms with Gasteiger partial charge in [0.25, 0.3) is 0 Å². The second-order valence-corrected chi connectivity index (χ2v) is 6.07. The molecule has 17 heavy (non-hydrogen) atoms. The fourth-order valence-corrected chi connectivity index (χ4v) is 2.95. The van der Waals surface area contributed by atoms with Crippen LogP contribution in [0.15, 0.2) is 0 Å². The van der Waals surface area contributed by atoms with Gasteiger partial charge in [0.05, 0.1) is 0 Å². The van der Waals surface area contributed by atoms with Gasteiger partial charge in [-0.1, -0.05) is 40.5 Å². The average Bonchev–Trinajstić information content (AvgIpc) is 2.35. The minimum absolute atomic E-state index is 0.549. The van der Waals surface area contributed by atoms with Gasteiger partial charge in [0, 0.05) is 13.1 Å². The van der Waals surface area contributed by atoms with Crippen molar-refractivity contribution in [3.63, 3.8) is 0 Å². The van der Waals surface area contributed by atoms with Crippen molar-refractivity contribution in [2.24, 2.45) is 11.3 Å². The maximum Gasteiger partial charge on any atom is 0.00363 e. The molecule has 0 aliphatic carbocycles. The minimum atomic E-state index is 0.549. The van der Waals surface area contributed by atoms with E-state index in [1.807, 2.05) is 0 Å². The summed E-state index contributed by atoms with van der Waals surface area (Å²) in [4.78, 5) is 2.68. The summed E-state index contributed by atoms with van der Waals surface area (Å²) in [5.41, 5.74) is 0.549. The summed E-state index contributed by atoms with van der Waals surface area (Å²) in [6.07, 6.45) is 5.33. The number of hydrogen-bond acceptors (Lipinski definition) is 2. The maximum absolute atomic E-state index is 3.48. The van der Waals surface area contributed by atoms with Crippen LogP contribution in [0.3, 0.4) is 0 Å². The summed E-state index contributed by atoms with van der Waals surface area (Å²) >= 11 is 0. The van der Waals surface area contributed by atoms with Crippen molar-refractivity contribution in [3.8, 4) is 0 Å². The molecular formula is C15H32N2. The zero-order valence-corrected chi connectivity index (χ0v) is 12.4. The lowest BCUT2D eigenvalue weighted by Crippen LogP contribution is -2.44. The summed E-state index contributed by atoms with van der Waals surface area (Å²) in [5.74, 6) is 0.889. The van der Waals surface area contributed by atoms with Gasteiger partial charge in [-0.25, -0.2) is 0 Å². The van der Waals surface area contributed by atoms with Crippen molar-refractivity contribution in [3.05, 3.63) is 0 Å². The van der Waals surface area contributed by atoms with E-state index < -0.39 is 0 Å². The molecule has 0 aromatic rings. The molecule has 2 heteroatoms. The zero-order chi connectivity index (χ0) is 12.7. The minimum Gasteiger partial charge on any atom is -0.317 e. The lowest BCUT2D eigenvalue weighted by Gasteiger charge is -2.39. The Hall–Kier alpha value is -0.0800. The van der Waals surface area contributed by atoms with Gasteiger partial charge in [0.2, 0.25) is 0 Å². The molecule has 0 amide bonds. The van der Waals surface area contributed by atoms with Crippen molar-refractivity contribution < 1.29 is 0 Å². The average molecular weight is 240 g/mol. The Labute approximate surface area is 108 Å². The first-order valence-corrected chi connectivity index (χ1v) is 7.56. The summed E-state index contributed by atoms with van der Waals surface area (Å²) in [7, 11) is 0. The van der Waals surface area contributed by atoms with Gasteiger partial charge < -0.3 is 10.2 Å². The molecule has 102 valence electrons. The van der Waals surface area contributed by atoms with E-state index >= 15 is 0 Å². The normalized spacial score (nSPS) is 20.1. The fourth-order valence-electron chi connectivity index (χ4n) is 2.95.